The van der Waals surface area contributed by atoms with Crippen molar-refractivity contribution < 1.29 is 4.79 Å². The van der Waals surface area contributed by atoms with Gasteiger partial charge in [-0.05, 0) is 68.2 Å². The van der Waals surface area contributed by atoms with Gasteiger partial charge in [-0.1, -0.05) is 44.2 Å². The largest absolute Gasteiger partial charge is 0.322 e. The van der Waals surface area contributed by atoms with Crippen LogP contribution in [-0.2, 0) is 6.54 Å². The molecule has 0 fully saturated rings. The van der Waals surface area contributed by atoms with E-state index < -0.39 is 0 Å². The molecule has 3 rings (SSSR count). The highest BCUT2D eigenvalue weighted by molar-refractivity contribution is 5.89. The van der Waals surface area contributed by atoms with Gasteiger partial charge in [-0.15, -0.1) is 0 Å². The minimum Gasteiger partial charge on any atom is -0.322 e. The Morgan fingerprint density at radius 2 is 1.74 bits per heavy atom. The third-order valence-corrected chi connectivity index (χ3v) is 5.55. The van der Waals surface area contributed by atoms with Crippen LogP contribution >= 0.6 is 0 Å². The number of fused-ring (bicyclic) bond motifs is 1. The molecule has 31 heavy (non-hydrogen) atoms. The summed E-state index contributed by atoms with van der Waals surface area (Å²) >= 11 is 0. The van der Waals surface area contributed by atoms with Gasteiger partial charge in [0.1, 0.15) is 0 Å². The van der Waals surface area contributed by atoms with Crippen molar-refractivity contribution in [2.45, 2.75) is 33.7 Å². The van der Waals surface area contributed by atoms with Crippen molar-refractivity contribution >= 4 is 22.6 Å². The van der Waals surface area contributed by atoms with E-state index >= 15 is 0 Å². The summed E-state index contributed by atoms with van der Waals surface area (Å²) in [4.78, 5) is 32.8. The lowest BCUT2D eigenvalue weighted by Gasteiger charge is -2.25. The number of pyridine rings is 1. The summed E-state index contributed by atoms with van der Waals surface area (Å²) in [5.41, 5.74) is 3.08. The molecular formula is C25H32N4O2. The molecule has 3 aromatic rings. The Bertz CT molecular complexity index is 1060. The first-order valence-electron chi connectivity index (χ1n) is 11.0. The average molecular weight is 421 g/mol. The van der Waals surface area contributed by atoms with Crippen LogP contribution in [0.1, 0.15) is 31.4 Å². The smallest absolute Gasteiger partial charge is 0.322 e. The Labute approximate surface area is 183 Å². The lowest BCUT2D eigenvalue weighted by molar-refractivity contribution is 0.202. The van der Waals surface area contributed by atoms with Crippen LogP contribution in [0.15, 0.2) is 59.4 Å². The van der Waals surface area contributed by atoms with Crippen molar-refractivity contribution in [3.8, 4) is 0 Å². The molecule has 2 aromatic carbocycles. The minimum atomic E-state index is -0.200. The number of para-hydroxylation sites is 1. The summed E-state index contributed by atoms with van der Waals surface area (Å²) in [5, 5.41) is 3.92. The fraction of sp³-hybridized carbons (Fsp3) is 0.360. The number of hydrogen-bond donors (Lipinski definition) is 2. The number of benzene rings is 2. The number of aryl methyl sites for hydroxylation is 1. The molecule has 0 aliphatic heterocycles. The van der Waals surface area contributed by atoms with Crippen LogP contribution in [0.5, 0.6) is 0 Å². The van der Waals surface area contributed by atoms with Gasteiger partial charge < -0.3 is 20.1 Å². The molecule has 0 saturated heterocycles. The predicted octanol–water partition coefficient (Wildman–Crippen LogP) is 4.60. The standard InChI is InChI=1S/C25H32N4O2/c1-4-28(5-2)14-9-15-29(25(31)26-22-10-7-6-8-11-22)18-21-17-20-13-12-19(3)16-23(20)27-24(21)30/h6-8,10-13,16-17H,4-5,9,14-15,18H2,1-3H3,(H,26,31)(H,27,30). The first-order valence-corrected chi connectivity index (χ1v) is 11.0. The van der Waals surface area contributed by atoms with E-state index in [-0.39, 0.29) is 18.1 Å². The van der Waals surface area contributed by atoms with E-state index in [1.165, 1.54) is 0 Å². The molecule has 0 saturated carbocycles. The van der Waals surface area contributed by atoms with E-state index in [0.717, 1.165) is 48.2 Å². The molecule has 0 radical (unpaired) electrons. The monoisotopic (exact) mass is 420 g/mol. The number of urea groups is 1. The summed E-state index contributed by atoms with van der Waals surface area (Å²) in [5.74, 6) is 0. The molecule has 1 aromatic heterocycles. The molecule has 2 N–H and O–H groups in total. The zero-order valence-corrected chi connectivity index (χ0v) is 18.6. The zero-order chi connectivity index (χ0) is 22.2. The average Bonchev–Trinajstić information content (AvgIpc) is 2.77. The van der Waals surface area contributed by atoms with E-state index in [0.29, 0.717) is 12.1 Å². The lowest BCUT2D eigenvalue weighted by atomic mass is 10.1. The maximum Gasteiger partial charge on any atom is 0.322 e. The molecule has 0 aliphatic rings. The number of aromatic amines is 1. The number of H-pyrrole nitrogens is 1. The topological polar surface area (TPSA) is 68.4 Å². The van der Waals surface area contributed by atoms with Crippen LogP contribution in [0.2, 0.25) is 0 Å². The van der Waals surface area contributed by atoms with E-state index in [1.807, 2.05) is 61.5 Å². The number of rotatable bonds is 9. The highest BCUT2D eigenvalue weighted by Crippen LogP contribution is 2.15. The number of aromatic nitrogens is 1. The van der Waals surface area contributed by atoms with Crippen molar-refractivity contribution in [3.63, 3.8) is 0 Å². The fourth-order valence-corrected chi connectivity index (χ4v) is 3.68. The van der Waals surface area contributed by atoms with Gasteiger partial charge in [0.05, 0.1) is 6.54 Å². The first kappa shape index (κ1) is 22.6. The van der Waals surface area contributed by atoms with Crippen LogP contribution in [0.3, 0.4) is 0 Å². The fourth-order valence-electron chi connectivity index (χ4n) is 3.68. The molecule has 0 aliphatic carbocycles. The molecule has 0 spiro atoms. The van der Waals surface area contributed by atoms with E-state index in [2.05, 4.69) is 29.0 Å². The SMILES string of the molecule is CCN(CC)CCCN(Cc1cc2ccc(C)cc2[nH]c1=O)C(=O)Nc1ccccc1. The molecule has 0 unspecified atom stereocenters. The Hall–Kier alpha value is -3.12. The van der Waals surface area contributed by atoms with E-state index in [1.54, 1.807) is 4.90 Å². The van der Waals surface area contributed by atoms with Crippen LogP contribution in [0.4, 0.5) is 10.5 Å². The van der Waals surface area contributed by atoms with E-state index in [9.17, 15) is 9.59 Å². The highest BCUT2D eigenvalue weighted by atomic mass is 16.2. The molecule has 2 amide bonds. The molecule has 0 bridgehead atoms. The van der Waals surface area contributed by atoms with E-state index in [4.69, 9.17) is 0 Å². The Morgan fingerprint density at radius 1 is 1.00 bits per heavy atom. The van der Waals surface area contributed by atoms with Crippen molar-refractivity contribution in [2.24, 2.45) is 0 Å². The van der Waals surface area contributed by atoms with Crippen molar-refractivity contribution in [3.05, 3.63) is 76.1 Å². The summed E-state index contributed by atoms with van der Waals surface area (Å²) in [7, 11) is 0. The lowest BCUT2D eigenvalue weighted by Crippen LogP contribution is -2.38. The summed E-state index contributed by atoms with van der Waals surface area (Å²) in [6.45, 7) is 9.98. The van der Waals surface area contributed by atoms with Gasteiger partial charge in [-0.3, -0.25) is 4.79 Å². The molecule has 6 heteroatoms. The summed E-state index contributed by atoms with van der Waals surface area (Å²) in [6.07, 6.45) is 0.842. The number of carbonyl (C=O) groups excluding carboxylic acids is 1. The van der Waals surface area contributed by atoms with Gasteiger partial charge in [-0.25, -0.2) is 4.79 Å². The summed E-state index contributed by atoms with van der Waals surface area (Å²) < 4.78 is 0. The Kier molecular flexibility index (Phi) is 7.84. The maximum atomic E-state index is 13.0. The quantitative estimate of drug-likeness (QED) is 0.531. The number of carbonyl (C=O) groups is 1. The second-order valence-electron chi connectivity index (χ2n) is 7.81. The van der Waals surface area contributed by atoms with Gasteiger partial charge in [0, 0.05) is 23.3 Å². The second kappa shape index (κ2) is 10.8. The van der Waals surface area contributed by atoms with Crippen LogP contribution in [-0.4, -0.2) is 47.0 Å². The maximum absolute atomic E-state index is 13.0. The number of hydrogen-bond acceptors (Lipinski definition) is 3. The number of anilines is 1. The highest BCUT2D eigenvalue weighted by Gasteiger charge is 2.17. The van der Waals surface area contributed by atoms with Crippen molar-refractivity contribution in [2.75, 3.05) is 31.5 Å². The molecule has 0 atom stereocenters. The second-order valence-corrected chi connectivity index (χ2v) is 7.81. The third-order valence-electron chi connectivity index (χ3n) is 5.55. The number of nitrogens with one attached hydrogen (secondary N) is 2. The van der Waals surface area contributed by atoms with Gasteiger partial charge in [0.2, 0.25) is 0 Å². The first-order chi connectivity index (χ1) is 15.0. The molecule has 1 heterocycles. The molecular weight excluding hydrogens is 388 g/mol. The Morgan fingerprint density at radius 3 is 2.45 bits per heavy atom. The van der Waals surface area contributed by atoms with Gasteiger partial charge in [0.25, 0.3) is 5.56 Å². The zero-order valence-electron chi connectivity index (χ0n) is 18.6. The molecule has 6 nitrogen and oxygen atoms in total. The van der Waals surface area contributed by atoms with Crippen LogP contribution in [0.25, 0.3) is 10.9 Å². The van der Waals surface area contributed by atoms with Gasteiger partial charge >= 0.3 is 6.03 Å². The Balaban J connectivity index is 1.80. The normalized spacial score (nSPS) is 11.1. The number of nitrogens with zero attached hydrogens (tertiary/aromatic N) is 2. The predicted molar refractivity (Wildman–Crippen MR) is 128 cm³/mol. The minimum absolute atomic E-state index is 0.153. The van der Waals surface area contributed by atoms with Crippen molar-refractivity contribution in [1.82, 2.24) is 14.8 Å². The van der Waals surface area contributed by atoms with Crippen molar-refractivity contribution in [1.29, 1.82) is 0 Å². The van der Waals surface area contributed by atoms with Crippen LogP contribution in [0, 0.1) is 6.92 Å². The molecule has 164 valence electrons. The number of amides is 2. The van der Waals surface area contributed by atoms with Gasteiger partial charge in [0.15, 0.2) is 0 Å². The van der Waals surface area contributed by atoms with Crippen LogP contribution < -0.4 is 10.9 Å². The summed E-state index contributed by atoms with van der Waals surface area (Å²) in [6, 6.07) is 17.1. The third kappa shape index (κ3) is 6.18. The van der Waals surface area contributed by atoms with Gasteiger partial charge in [-0.2, -0.15) is 0 Å².